The van der Waals surface area contributed by atoms with Gasteiger partial charge in [0.15, 0.2) is 0 Å². The molecule has 1 aromatic rings. The van der Waals surface area contributed by atoms with Gasteiger partial charge < -0.3 is 9.84 Å². The van der Waals surface area contributed by atoms with Crippen molar-refractivity contribution in [2.24, 2.45) is 0 Å². The average Bonchev–Trinajstić information content (AvgIpc) is 2.38. The van der Waals surface area contributed by atoms with E-state index in [2.05, 4.69) is 0 Å². The Kier molecular flexibility index (Phi) is 3.50. The molecular weight excluding hydrogens is 234 g/mol. The number of piperidine rings is 1. The Morgan fingerprint density at radius 3 is 2.94 bits per heavy atom. The number of carboxylic acids is 1. The number of amides is 1. The van der Waals surface area contributed by atoms with Crippen LogP contribution < -0.4 is 9.64 Å². The normalized spacial score (nSPS) is 19.7. The van der Waals surface area contributed by atoms with Gasteiger partial charge >= 0.3 is 5.97 Å². The molecule has 1 atom stereocenters. The second kappa shape index (κ2) is 5.08. The SMILES string of the molecule is COc1cccc(N2C(=O)CCCC2C(=O)O)c1. The number of nitrogens with zero attached hydrogens (tertiary/aromatic N) is 1. The summed E-state index contributed by atoms with van der Waals surface area (Å²) in [6, 6.07) is 6.13. The smallest absolute Gasteiger partial charge is 0.326 e. The highest BCUT2D eigenvalue weighted by Gasteiger charge is 2.34. The Balaban J connectivity index is 2.37. The van der Waals surface area contributed by atoms with Crippen LogP contribution in [0, 0.1) is 0 Å². The number of benzene rings is 1. The lowest BCUT2D eigenvalue weighted by Crippen LogP contribution is -2.48. The third-order valence-electron chi connectivity index (χ3n) is 3.07. The monoisotopic (exact) mass is 249 g/mol. The van der Waals surface area contributed by atoms with E-state index in [-0.39, 0.29) is 5.91 Å². The molecule has 2 rings (SSSR count). The molecule has 5 heteroatoms. The Morgan fingerprint density at radius 1 is 1.50 bits per heavy atom. The topological polar surface area (TPSA) is 66.8 Å². The minimum atomic E-state index is -0.967. The van der Waals surface area contributed by atoms with Crippen LogP contribution in [0.15, 0.2) is 24.3 Å². The van der Waals surface area contributed by atoms with Gasteiger partial charge in [-0.15, -0.1) is 0 Å². The molecule has 0 spiro atoms. The first-order chi connectivity index (χ1) is 8.63. The van der Waals surface area contributed by atoms with E-state index in [1.54, 1.807) is 24.3 Å². The molecule has 1 aliphatic heterocycles. The minimum Gasteiger partial charge on any atom is -0.497 e. The van der Waals surface area contributed by atoms with E-state index in [4.69, 9.17) is 4.74 Å². The predicted octanol–water partition coefficient (Wildman–Crippen LogP) is 1.67. The number of hydrogen-bond acceptors (Lipinski definition) is 3. The zero-order chi connectivity index (χ0) is 13.1. The molecule has 0 aromatic heterocycles. The van der Waals surface area contributed by atoms with Crippen LogP contribution in [0.4, 0.5) is 5.69 Å². The van der Waals surface area contributed by atoms with Gasteiger partial charge in [0.25, 0.3) is 0 Å². The number of anilines is 1. The second-order valence-corrected chi connectivity index (χ2v) is 4.21. The molecule has 1 heterocycles. The van der Waals surface area contributed by atoms with Crippen molar-refractivity contribution in [1.82, 2.24) is 0 Å². The fourth-order valence-corrected chi connectivity index (χ4v) is 2.19. The van der Waals surface area contributed by atoms with Crippen LogP contribution in [0.1, 0.15) is 19.3 Å². The third-order valence-corrected chi connectivity index (χ3v) is 3.07. The summed E-state index contributed by atoms with van der Waals surface area (Å²) >= 11 is 0. The van der Waals surface area contributed by atoms with Crippen molar-refractivity contribution in [2.45, 2.75) is 25.3 Å². The summed E-state index contributed by atoms with van der Waals surface area (Å²) in [6.07, 6.45) is 1.50. The quantitative estimate of drug-likeness (QED) is 0.884. The largest absolute Gasteiger partial charge is 0.497 e. The van der Waals surface area contributed by atoms with Crippen molar-refractivity contribution in [3.63, 3.8) is 0 Å². The number of carbonyl (C=O) groups excluding carboxylic acids is 1. The van der Waals surface area contributed by atoms with E-state index >= 15 is 0 Å². The molecule has 1 aliphatic rings. The van der Waals surface area contributed by atoms with Gasteiger partial charge in [-0.2, -0.15) is 0 Å². The van der Waals surface area contributed by atoms with Crippen molar-refractivity contribution in [2.75, 3.05) is 12.0 Å². The summed E-state index contributed by atoms with van der Waals surface area (Å²) in [5.41, 5.74) is 0.575. The van der Waals surface area contributed by atoms with E-state index < -0.39 is 12.0 Å². The Morgan fingerprint density at radius 2 is 2.28 bits per heavy atom. The second-order valence-electron chi connectivity index (χ2n) is 4.21. The fourth-order valence-electron chi connectivity index (χ4n) is 2.19. The highest BCUT2D eigenvalue weighted by molar-refractivity contribution is 6.00. The first-order valence-electron chi connectivity index (χ1n) is 5.82. The van der Waals surface area contributed by atoms with E-state index in [1.165, 1.54) is 12.0 Å². The number of rotatable bonds is 3. The van der Waals surface area contributed by atoms with Crippen LogP contribution in [-0.2, 0) is 9.59 Å². The number of aliphatic carboxylic acids is 1. The molecule has 1 N–H and O–H groups in total. The number of carbonyl (C=O) groups is 2. The van der Waals surface area contributed by atoms with Crippen LogP contribution in [-0.4, -0.2) is 30.1 Å². The Hall–Kier alpha value is -2.04. The van der Waals surface area contributed by atoms with Crippen molar-refractivity contribution in [3.8, 4) is 5.75 Å². The van der Waals surface area contributed by atoms with Gasteiger partial charge in [0.2, 0.25) is 5.91 Å². The van der Waals surface area contributed by atoms with Crippen LogP contribution in [0.3, 0.4) is 0 Å². The molecular formula is C13H15NO4. The van der Waals surface area contributed by atoms with Gasteiger partial charge in [-0.3, -0.25) is 9.69 Å². The lowest BCUT2D eigenvalue weighted by atomic mass is 10.0. The first kappa shape index (κ1) is 12.4. The molecule has 18 heavy (non-hydrogen) atoms. The summed E-state index contributed by atoms with van der Waals surface area (Å²) in [5, 5.41) is 9.19. The number of hydrogen-bond donors (Lipinski definition) is 1. The summed E-state index contributed by atoms with van der Waals surface area (Å²) < 4.78 is 5.09. The molecule has 0 bridgehead atoms. The summed E-state index contributed by atoms with van der Waals surface area (Å²) in [4.78, 5) is 24.5. The molecule has 5 nitrogen and oxygen atoms in total. The fraction of sp³-hybridized carbons (Fsp3) is 0.385. The molecule has 1 unspecified atom stereocenters. The molecule has 0 radical (unpaired) electrons. The van der Waals surface area contributed by atoms with Gasteiger partial charge in [-0.05, 0) is 25.0 Å². The van der Waals surface area contributed by atoms with E-state index in [0.717, 1.165) is 0 Å². The predicted molar refractivity (Wildman–Crippen MR) is 65.8 cm³/mol. The van der Waals surface area contributed by atoms with Crippen molar-refractivity contribution in [3.05, 3.63) is 24.3 Å². The maximum atomic E-state index is 11.9. The van der Waals surface area contributed by atoms with Gasteiger partial charge in [-0.25, -0.2) is 4.79 Å². The maximum absolute atomic E-state index is 11.9. The lowest BCUT2D eigenvalue weighted by molar-refractivity contribution is -0.141. The standard InChI is InChI=1S/C13H15NO4/c1-18-10-5-2-4-9(8-10)14-11(13(16)17)6-3-7-12(14)15/h2,4-5,8,11H,3,6-7H2,1H3,(H,16,17). The highest BCUT2D eigenvalue weighted by atomic mass is 16.5. The average molecular weight is 249 g/mol. The summed E-state index contributed by atoms with van der Waals surface area (Å²) in [5.74, 6) is -0.511. The molecule has 0 saturated carbocycles. The summed E-state index contributed by atoms with van der Waals surface area (Å²) in [7, 11) is 1.53. The van der Waals surface area contributed by atoms with E-state index in [1.807, 2.05) is 0 Å². The van der Waals surface area contributed by atoms with Crippen LogP contribution >= 0.6 is 0 Å². The maximum Gasteiger partial charge on any atom is 0.326 e. The highest BCUT2D eigenvalue weighted by Crippen LogP contribution is 2.28. The molecule has 1 aromatic carbocycles. The van der Waals surface area contributed by atoms with Crippen LogP contribution in [0.5, 0.6) is 5.75 Å². The Bertz CT molecular complexity index is 472. The van der Waals surface area contributed by atoms with Crippen molar-refractivity contribution in [1.29, 1.82) is 0 Å². The van der Waals surface area contributed by atoms with Crippen LogP contribution in [0.2, 0.25) is 0 Å². The van der Waals surface area contributed by atoms with Gasteiger partial charge in [0.1, 0.15) is 11.8 Å². The minimum absolute atomic E-state index is 0.151. The van der Waals surface area contributed by atoms with E-state index in [9.17, 15) is 14.7 Å². The molecule has 1 amide bonds. The number of carboxylic acid groups (broad SMARTS) is 1. The molecule has 96 valence electrons. The summed E-state index contributed by atoms with van der Waals surface area (Å²) in [6.45, 7) is 0. The van der Waals surface area contributed by atoms with Crippen LogP contribution in [0.25, 0.3) is 0 Å². The molecule has 0 aliphatic carbocycles. The first-order valence-corrected chi connectivity index (χ1v) is 5.82. The molecule has 1 fully saturated rings. The van der Waals surface area contributed by atoms with Crippen molar-refractivity contribution >= 4 is 17.6 Å². The van der Waals surface area contributed by atoms with Gasteiger partial charge in [0, 0.05) is 18.2 Å². The number of methoxy groups -OCH3 is 1. The zero-order valence-corrected chi connectivity index (χ0v) is 10.1. The van der Waals surface area contributed by atoms with Gasteiger partial charge in [0.05, 0.1) is 7.11 Å². The van der Waals surface area contributed by atoms with E-state index in [0.29, 0.717) is 30.7 Å². The Labute approximate surface area is 105 Å². The number of ether oxygens (including phenoxy) is 1. The van der Waals surface area contributed by atoms with Crippen molar-refractivity contribution < 1.29 is 19.4 Å². The zero-order valence-electron chi connectivity index (χ0n) is 10.1. The third kappa shape index (κ3) is 2.30. The van der Waals surface area contributed by atoms with Gasteiger partial charge in [-0.1, -0.05) is 6.07 Å². The lowest BCUT2D eigenvalue weighted by Gasteiger charge is -2.33. The molecule has 1 saturated heterocycles.